The molecule has 0 saturated heterocycles. The highest BCUT2D eigenvalue weighted by molar-refractivity contribution is 9.13. The van der Waals surface area contributed by atoms with Gasteiger partial charge < -0.3 is 9.84 Å². The zero-order chi connectivity index (χ0) is 17.0. The molecule has 0 aromatic heterocycles. The van der Waals surface area contributed by atoms with Crippen LogP contribution in [0.4, 0.5) is 0 Å². The minimum absolute atomic E-state index is 0.0907. The van der Waals surface area contributed by atoms with Gasteiger partial charge in [0.2, 0.25) is 0 Å². The summed E-state index contributed by atoms with van der Waals surface area (Å²) < 4.78 is 6.33. The van der Waals surface area contributed by atoms with Crippen LogP contribution < -0.4 is 10.2 Å². The van der Waals surface area contributed by atoms with E-state index in [1.807, 2.05) is 0 Å². The van der Waals surface area contributed by atoms with E-state index >= 15 is 0 Å². The van der Waals surface area contributed by atoms with Crippen LogP contribution in [0.2, 0.25) is 5.02 Å². The number of hydrogen-bond acceptors (Lipinski definition) is 4. The number of phenolic OH excluding ortho intramolecular Hbond substituents is 1. The number of amides is 1. The minimum Gasteiger partial charge on any atom is -0.504 e. The molecule has 0 aliphatic rings. The molecule has 5 nitrogen and oxygen atoms in total. The predicted octanol–water partition coefficient (Wildman–Crippen LogP) is 4.34. The molecule has 23 heavy (non-hydrogen) atoms. The molecule has 0 aliphatic carbocycles. The number of nitrogens with zero attached hydrogens (tertiary/aromatic N) is 1. The maximum atomic E-state index is 11.9. The van der Waals surface area contributed by atoms with Gasteiger partial charge in [0.25, 0.3) is 5.91 Å². The van der Waals surface area contributed by atoms with Crippen molar-refractivity contribution in [3.05, 3.63) is 55.4 Å². The Bertz CT molecular complexity index is 764. The molecule has 0 atom stereocenters. The third-order valence-corrected chi connectivity index (χ3v) is 5.14. The van der Waals surface area contributed by atoms with Crippen molar-refractivity contribution in [2.45, 2.75) is 0 Å². The number of carbonyl (C=O) groups is 1. The van der Waals surface area contributed by atoms with Gasteiger partial charge in [0.1, 0.15) is 0 Å². The van der Waals surface area contributed by atoms with Crippen molar-refractivity contribution in [2.24, 2.45) is 5.10 Å². The Morgan fingerprint density at radius 2 is 2.00 bits per heavy atom. The molecule has 0 unspecified atom stereocenters. The smallest absolute Gasteiger partial charge is 0.271 e. The number of methoxy groups -OCH3 is 1. The monoisotopic (exact) mass is 460 g/mol. The number of hydrazone groups is 1. The Labute approximate surface area is 154 Å². The van der Waals surface area contributed by atoms with Gasteiger partial charge in [-0.15, -0.1) is 0 Å². The van der Waals surface area contributed by atoms with Crippen LogP contribution in [0.5, 0.6) is 11.5 Å². The van der Waals surface area contributed by atoms with E-state index in [2.05, 4.69) is 42.4 Å². The Morgan fingerprint density at radius 1 is 1.35 bits per heavy atom. The van der Waals surface area contributed by atoms with Gasteiger partial charge in [0.15, 0.2) is 11.5 Å². The van der Waals surface area contributed by atoms with Crippen LogP contribution in [0.25, 0.3) is 0 Å². The zero-order valence-electron chi connectivity index (χ0n) is 11.8. The highest BCUT2D eigenvalue weighted by Gasteiger charge is 2.14. The van der Waals surface area contributed by atoms with Crippen molar-refractivity contribution in [1.82, 2.24) is 5.43 Å². The van der Waals surface area contributed by atoms with E-state index < -0.39 is 5.91 Å². The molecule has 0 saturated carbocycles. The van der Waals surface area contributed by atoms with Gasteiger partial charge >= 0.3 is 0 Å². The molecule has 8 heteroatoms. The molecule has 0 bridgehead atoms. The summed E-state index contributed by atoms with van der Waals surface area (Å²) in [5.74, 6) is -0.201. The Hall–Kier alpha value is -1.57. The van der Waals surface area contributed by atoms with Crippen molar-refractivity contribution >= 4 is 55.6 Å². The van der Waals surface area contributed by atoms with Gasteiger partial charge in [0.05, 0.1) is 18.9 Å². The molecule has 0 radical (unpaired) electrons. The van der Waals surface area contributed by atoms with Crippen molar-refractivity contribution in [1.29, 1.82) is 0 Å². The molecule has 0 fully saturated rings. The average Bonchev–Trinajstić information content (AvgIpc) is 2.54. The number of benzene rings is 2. The predicted molar refractivity (Wildman–Crippen MR) is 96.6 cm³/mol. The number of phenols is 1. The third kappa shape index (κ3) is 4.25. The van der Waals surface area contributed by atoms with Crippen LogP contribution in [-0.2, 0) is 0 Å². The van der Waals surface area contributed by atoms with Gasteiger partial charge in [-0.05, 0) is 62.2 Å². The number of nitrogens with one attached hydrogen (secondary N) is 1. The lowest BCUT2D eigenvalue weighted by molar-refractivity contribution is 0.0955. The van der Waals surface area contributed by atoms with Gasteiger partial charge in [-0.3, -0.25) is 4.79 Å². The molecule has 0 heterocycles. The summed E-state index contributed by atoms with van der Waals surface area (Å²) in [4.78, 5) is 11.9. The van der Waals surface area contributed by atoms with Crippen molar-refractivity contribution < 1.29 is 14.6 Å². The summed E-state index contributed by atoms with van der Waals surface area (Å²) in [7, 11) is 1.44. The Balaban J connectivity index is 2.19. The second-order valence-electron chi connectivity index (χ2n) is 4.34. The first-order chi connectivity index (χ1) is 10.9. The summed E-state index contributed by atoms with van der Waals surface area (Å²) in [6, 6.07) is 8.01. The van der Waals surface area contributed by atoms with Gasteiger partial charge in [0, 0.05) is 19.5 Å². The number of rotatable bonds is 4. The molecule has 0 aliphatic heterocycles. The highest BCUT2D eigenvalue weighted by atomic mass is 79.9. The van der Waals surface area contributed by atoms with E-state index in [9.17, 15) is 9.90 Å². The summed E-state index contributed by atoms with van der Waals surface area (Å²) in [5.41, 5.74) is 3.16. The fraction of sp³-hybridized carbons (Fsp3) is 0.0667. The SMILES string of the molecule is COc1cc(Br)c(Br)c(/C=N/NC(=O)c2ccc(Cl)cc2)c1O. The molecule has 2 aromatic rings. The van der Waals surface area contributed by atoms with E-state index in [0.29, 0.717) is 25.1 Å². The van der Waals surface area contributed by atoms with Gasteiger partial charge in [-0.2, -0.15) is 5.10 Å². The maximum Gasteiger partial charge on any atom is 0.271 e. The van der Waals surface area contributed by atoms with E-state index in [-0.39, 0.29) is 11.5 Å². The van der Waals surface area contributed by atoms with E-state index in [4.69, 9.17) is 16.3 Å². The van der Waals surface area contributed by atoms with Crippen LogP contribution in [0.15, 0.2) is 44.4 Å². The summed E-state index contributed by atoms with van der Waals surface area (Å²) in [5, 5.41) is 14.5. The Morgan fingerprint density at radius 3 is 2.61 bits per heavy atom. The third-order valence-electron chi connectivity index (χ3n) is 2.88. The lowest BCUT2D eigenvalue weighted by Crippen LogP contribution is -2.17. The number of halogens is 3. The zero-order valence-corrected chi connectivity index (χ0v) is 15.7. The standard InChI is InChI=1S/C15H11Br2ClN2O3/c1-23-12-6-11(16)13(17)10(14(12)21)7-19-20-15(22)8-2-4-9(18)5-3-8/h2-7,21H,1H3,(H,20,22)/b19-7+. The summed E-state index contributed by atoms with van der Waals surface area (Å²) >= 11 is 12.4. The van der Waals surface area contributed by atoms with Crippen LogP contribution in [0.1, 0.15) is 15.9 Å². The Kier molecular flexibility index (Phi) is 6.04. The van der Waals surface area contributed by atoms with Gasteiger partial charge in [-0.25, -0.2) is 5.43 Å². The molecule has 2 aromatic carbocycles. The first-order valence-electron chi connectivity index (χ1n) is 6.28. The van der Waals surface area contributed by atoms with Crippen LogP contribution in [0, 0.1) is 0 Å². The molecular weight excluding hydrogens is 451 g/mol. The normalized spacial score (nSPS) is 10.8. The van der Waals surface area contributed by atoms with E-state index in [1.165, 1.54) is 13.3 Å². The molecule has 2 N–H and O–H groups in total. The quantitative estimate of drug-likeness (QED) is 0.525. The van der Waals surface area contributed by atoms with Crippen LogP contribution >= 0.6 is 43.5 Å². The van der Waals surface area contributed by atoms with E-state index in [1.54, 1.807) is 30.3 Å². The lowest BCUT2D eigenvalue weighted by Gasteiger charge is -2.09. The maximum absolute atomic E-state index is 11.9. The van der Waals surface area contributed by atoms with Crippen molar-refractivity contribution in [3.8, 4) is 11.5 Å². The first-order valence-corrected chi connectivity index (χ1v) is 8.24. The molecule has 2 rings (SSSR count). The topological polar surface area (TPSA) is 70.9 Å². The number of aromatic hydroxyl groups is 1. The lowest BCUT2D eigenvalue weighted by atomic mass is 10.2. The van der Waals surface area contributed by atoms with Gasteiger partial charge in [-0.1, -0.05) is 11.6 Å². The number of hydrogen-bond donors (Lipinski definition) is 2. The molecule has 1 amide bonds. The number of ether oxygens (including phenoxy) is 1. The van der Waals surface area contributed by atoms with Crippen molar-refractivity contribution in [3.63, 3.8) is 0 Å². The van der Waals surface area contributed by atoms with Crippen LogP contribution in [0.3, 0.4) is 0 Å². The second-order valence-corrected chi connectivity index (χ2v) is 6.43. The minimum atomic E-state index is -0.393. The molecule has 120 valence electrons. The van der Waals surface area contributed by atoms with Crippen molar-refractivity contribution in [2.75, 3.05) is 7.11 Å². The summed E-state index contributed by atoms with van der Waals surface area (Å²) in [6.07, 6.45) is 1.32. The molecule has 0 spiro atoms. The largest absolute Gasteiger partial charge is 0.504 e. The second kappa shape index (κ2) is 7.81. The number of carbonyl (C=O) groups excluding carboxylic acids is 1. The first kappa shape index (κ1) is 17.8. The molecular formula is C15H11Br2ClN2O3. The fourth-order valence-corrected chi connectivity index (χ4v) is 2.66. The van der Waals surface area contributed by atoms with Crippen LogP contribution in [-0.4, -0.2) is 24.3 Å². The highest BCUT2D eigenvalue weighted by Crippen LogP contribution is 2.39. The van der Waals surface area contributed by atoms with E-state index in [0.717, 1.165) is 0 Å². The fourth-order valence-electron chi connectivity index (χ4n) is 1.71. The summed E-state index contributed by atoms with van der Waals surface area (Å²) in [6.45, 7) is 0. The average molecular weight is 463 g/mol.